The van der Waals surface area contributed by atoms with Gasteiger partial charge >= 0.3 is 0 Å². The van der Waals surface area contributed by atoms with E-state index in [0.717, 1.165) is 15.6 Å². The molecule has 3 aromatic rings. The Morgan fingerprint density at radius 3 is 2.24 bits per heavy atom. The van der Waals surface area contributed by atoms with Crippen LogP contribution in [0.5, 0.6) is 5.75 Å². The molecule has 0 atom stereocenters. The zero-order valence-electron chi connectivity index (χ0n) is 19.5. The molecule has 0 aliphatic heterocycles. The lowest BCUT2D eigenvalue weighted by Gasteiger charge is -2.25. The molecule has 0 radical (unpaired) electrons. The van der Waals surface area contributed by atoms with Gasteiger partial charge in [0, 0.05) is 0 Å². The molecule has 0 heterocycles. The van der Waals surface area contributed by atoms with Crippen molar-refractivity contribution in [2.24, 2.45) is 0 Å². The van der Waals surface area contributed by atoms with Crippen LogP contribution in [0.4, 0.5) is 5.69 Å². The number of nitrogens with one attached hydrogen (secondary N) is 1. The van der Waals surface area contributed by atoms with Crippen LogP contribution in [-0.2, 0) is 20.2 Å². The normalized spacial score (nSPS) is 11.6. The van der Waals surface area contributed by atoms with Gasteiger partial charge < -0.3 is 10.1 Å². The second-order valence-electron chi connectivity index (χ2n) is 8.72. The van der Waals surface area contributed by atoms with Crippen LogP contribution in [-0.4, -0.2) is 34.0 Å². The van der Waals surface area contributed by atoms with Gasteiger partial charge in [0.1, 0.15) is 18.9 Å². The first-order chi connectivity index (χ1) is 16.1. The van der Waals surface area contributed by atoms with E-state index in [2.05, 4.69) is 26.1 Å². The molecule has 3 rings (SSSR count). The van der Waals surface area contributed by atoms with Gasteiger partial charge in [0.25, 0.3) is 10.0 Å². The van der Waals surface area contributed by atoms with Crippen molar-refractivity contribution in [3.05, 3.63) is 89.4 Å². The fourth-order valence-electron chi connectivity index (χ4n) is 3.42. The van der Waals surface area contributed by atoms with Crippen LogP contribution in [0.3, 0.4) is 0 Å². The fourth-order valence-corrected chi connectivity index (χ4v) is 5.17. The Hall–Kier alpha value is -3.03. The predicted octanol–water partition coefficient (Wildman–Crippen LogP) is 5.03. The molecule has 0 bridgehead atoms. The lowest BCUT2D eigenvalue weighted by Crippen LogP contribution is -2.42. The van der Waals surface area contributed by atoms with E-state index in [0.29, 0.717) is 0 Å². The van der Waals surface area contributed by atoms with Crippen LogP contribution < -0.4 is 14.4 Å². The van der Waals surface area contributed by atoms with E-state index in [4.69, 9.17) is 16.3 Å². The lowest BCUT2D eigenvalue weighted by molar-refractivity contribution is -0.119. The standard InChI is InChI=1S/C26H29ClN2O4S/c1-26(2,3)21-13-7-10-16-24(21)33-18-17-28-25(30)19-29(23-15-9-8-14-22(23)27)34(31,32)20-11-5-4-6-12-20/h4-16H,17-19H2,1-3H3,(H,28,30). The van der Waals surface area contributed by atoms with Gasteiger partial charge in [-0.2, -0.15) is 0 Å². The van der Waals surface area contributed by atoms with Crippen molar-refractivity contribution >= 4 is 33.2 Å². The molecule has 0 saturated heterocycles. The number of amides is 1. The number of nitrogens with zero attached hydrogens (tertiary/aromatic N) is 1. The molecule has 0 fully saturated rings. The molecule has 0 aromatic heterocycles. The second-order valence-corrected chi connectivity index (χ2v) is 11.0. The minimum atomic E-state index is -4.01. The molecule has 0 spiro atoms. The van der Waals surface area contributed by atoms with Crippen LogP contribution in [0.25, 0.3) is 0 Å². The molecule has 3 aromatic carbocycles. The Kier molecular flexibility index (Phi) is 8.23. The van der Waals surface area contributed by atoms with E-state index < -0.39 is 22.5 Å². The molecule has 34 heavy (non-hydrogen) atoms. The summed E-state index contributed by atoms with van der Waals surface area (Å²) in [6, 6.07) is 22.3. The monoisotopic (exact) mass is 500 g/mol. The molecule has 1 N–H and O–H groups in total. The Morgan fingerprint density at radius 2 is 1.56 bits per heavy atom. The summed E-state index contributed by atoms with van der Waals surface area (Å²) in [6.07, 6.45) is 0. The third kappa shape index (κ3) is 6.30. The Morgan fingerprint density at radius 1 is 0.941 bits per heavy atom. The van der Waals surface area contributed by atoms with Gasteiger partial charge in [0.15, 0.2) is 0 Å². The lowest BCUT2D eigenvalue weighted by atomic mass is 9.86. The number of rotatable bonds is 9. The summed E-state index contributed by atoms with van der Waals surface area (Å²) in [5.41, 5.74) is 1.22. The summed E-state index contributed by atoms with van der Waals surface area (Å²) in [6.45, 7) is 6.36. The van der Waals surface area contributed by atoms with Crippen molar-refractivity contribution in [2.75, 3.05) is 24.0 Å². The van der Waals surface area contributed by atoms with Crippen molar-refractivity contribution < 1.29 is 17.9 Å². The number of sulfonamides is 1. The SMILES string of the molecule is CC(C)(C)c1ccccc1OCCNC(=O)CN(c1ccccc1Cl)S(=O)(=O)c1ccccc1. The molecule has 1 amide bonds. The first-order valence-electron chi connectivity index (χ1n) is 10.9. The van der Waals surface area contributed by atoms with Gasteiger partial charge in [0.05, 0.1) is 22.2 Å². The summed E-state index contributed by atoms with van der Waals surface area (Å²) in [7, 11) is -4.01. The number of carbonyl (C=O) groups is 1. The van der Waals surface area contributed by atoms with E-state index in [1.807, 2.05) is 24.3 Å². The van der Waals surface area contributed by atoms with Crippen LogP contribution >= 0.6 is 11.6 Å². The smallest absolute Gasteiger partial charge is 0.264 e. The minimum absolute atomic E-state index is 0.0739. The number of hydrogen-bond acceptors (Lipinski definition) is 4. The fraction of sp³-hybridized carbons (Fsp3) is 0.269. The molecule has 6 nitrogen and oxygen atoms in total. The van der Waals surface area contributed by atoms with Gasteiger partial charge in [-0.1, -0.05) is 80.9 Å². The average Bonchev–Trinajstić information content (AvgIpc) is 2.81. The number of hydrogen-bond donors (Lipinski definition) is 1. The van der Waals surface area contributed by atoms with Crippen LogP contribution in [0.2, 0.25) is 5.02 Å². The highest BCUT2D eigenvalue weighted by atomic mass is 35.5. The number of halogens is 1. The van der Waals surface area contributed by atoms with Gasteiger partial charge in [-0.15, -0.1) is 0 Å². The van der Waals surface area contributed by atoms with E-state index in [1.54, 1.807) is 42.5 Å². The molecular formula is C26H29ClN2O4S. The molecule has 180 valence electrons. The highest BCUT2D eigenvalue weighted by Gasteiger charge is 2.28. The number of benzene rings is 3. The maximum atomic E-state index is 13.3. The largest absolute Gasteiger partial charge is 0.491 e. The van der Waals surface area contributed by atoms with E-state index in [-0.39, 0.29) is 34.2 Å². The highest BCUT2D eigenvalue weighted by molar-refractivity contribution is 7.92. The molecule has 0 aliphatic rings. The highest BCUT2D eigenvalue weighted by Crippen LogP contribution is 2.31. The summed E-state index contributed by atoms with van der Waals surface area (Å²) < 4.78 is 33.6. The second kappa shape index (κ2) is 10.9. The average molecular weight is 501 g/mol. The third-order valence-corrected chi connectivity index (χ3v) is 7.21. The topological polar surface area (TPSA) is 75.7 Å². The van der Waals surface area contributed by atoms with Gasteiger partial charge in [0.2, 0.25) is 5.91 Å². The van der Waals surface area contributed by atoms with E-state index >= 15 is 0 Å². The summed E-state index contributed by atoms with van der Waals surface area (Å²) in [5, 5.41) is 2.97. The maximum Gasteiger partial charge on any atom is 0.264 e. The first-order valence-corrected chi connectivity index (χ1v) is 12.7. The van der Waals surface area contributed by atoms with Gasteiger partial charge in [-0.3, -0.25) is 9.10 Å². The number of ether oxygens (including phenoxy) is 1. The van der Waals surface area contributed by atoms with E-state index in [9.17, 15) is 13.2 Å². The molecule has 0 saturated carbocycles. The molecule has 8 heteroatoms. The van der Waals surface area contributed by atoms with Crippen molar-refractivity contribution in [2.45, 2.75) is 31.1 Å². The zero-order valence-corrected chi connectivity index (χ0v) is 21.1. The third-order valence-electron chi connectivity index (χ3n) is 5.12. The van der Waals surface area contributed by atoms with Crippen molar-refractivity contribution in [3.63, 3.8) is 0 Å². The molecule has 0 unspecified atom stereocenters. The molecular weight excluding hydrogens is 472 g/mol. The Labute approximate surface area is 206 Å². The quantitative estimate of drug-likeness (QED) is 0.418. The maximum absolute atomic E-state index is 13.3. The summed E-state index contributed by atoms with van der Waals surface area (Å²) >= 11 is 6.28. The minimum Gasteiger partial charge on any atom is -0.491 e. The molecule has 0 aliphatic carbocycles. The van der Waals surface area contributed by atoms with Crippen LogP contribution in [0, 0.1) is 0 Å². The summed E-state index contributed by atoms with van der Waals surface area (Å²) in [5.74, 6) is 0.292. The number of para-hydroxylation sites is 2. The van der Waals surface area contributed by atoms with Crippen molar-refractivity contribution in [1.82, 2.24) is 5.32 Å². The Bertz CT molecular complexity index is 1220. The van der Waals surface area contributed by atoms with Crippen LogP contribution in [0.15, 0.2) is 83.8 Å². The van der Waals surface area contributed by atoms with Gasteiger partial charge in [-0.05, 0) is 41.3 Å². The number of anilines is 1. The predicted molar refractivity (Wildman–Crippen MR) is 136 cm³/mol. The number of carbonyl (C=O) groups excluding carboxylic acids is 1. The first kappa shape index (κ1) is 25.6. The van der Waals surface area contributed by atoms with E-state index in [1.165, 1.54) is 12.1 Å². The van der Waals surface area contributed by atoms with Crippen molar-refractivity contribution in [3.8, 4) is 5.75 Å². The van der Waals surface area contributed by atoms with Crippen molar-refractivity contribution in [1.29, 1.82) is 0 Å². The zero-order chi connectivity index (χ0) is 24.8. The van der Waals surface area contributed by atoms with Crippen LogP contribution in [0.1, 0.15) is 26.3 Å². The summed E-state index contributed by atoms with van der Waals surface area (Å²) in [4.78, 5) is 12.8. The Balaban J connectivity index is 1.70. The van der Waals surface area contributed by atoms with Gasteiger partial charge in [-0.25, -0.2) is 8.42 Å².